The number of aromatic nitrogens is 1. The van der Waals surface area contributed by atoms with E-state index in [0.29, 0.717) is 10.9 Å². The summed E-state index contributed by atoms with van der Waals surface area (Å²) in [6.07, 6.45) is 1.80. The van der Waals surface area contributed by atoms with E-state index >= 15 is 0 Å². The summed E-state index contributed by atoms with van der Waals surface area (Å²) in [7, 11) is 0. The number of nitro groups is 1. The van der Waals surface area contributed by atoms with Gasteiger partial charge >= 0.3 is 0 Å². The largest absolute Gasteiger partial charge is 0.544 e. The number of carboxylic acid groups (broad SMARTS) is 1. The van der Waals surface area contributed by atoms with Gasteiger partial charge in [-0.3, -0.25) is 10.1 Å². The first kappa shape index (κ1) is 12.1. The molecule has 0 saturated carbocycles. The Morgan fingerprint density at radius 1 is 1.50 bits per heavy atom. The average molecular weight is 249 g/mol. The lowest BCUT2D eigenvalue weighted by Gasteiger charge is -2.07. The number of H-pyrrole nitrogens is 1. The first-order chi connectivity index (χ1) is 8.49. The lowest BCUT2D eigenvalue weighted by Crippen LogP contribution is -2.69. The summed E-state index contributed by atoms with van der Waals surface area (Å²) in [5.41, 5.74) is 4.84. The smallest absolute Gasteiger partial charge is 0.270 e. The highest BCUT2D eigenvalue weighted by Gasteiger charge is 2.14. The van der Waals surface area contributed by atoms with Crippen molar-refractivity contribution in [3.8, 4) is 0 Å². The highest BCUT2D eigenvalue weighted by molar-refractivity contribution is 5.86. The van der Waals surface area contributed by atoms with Crippen molar-refractivity contribution in [2.75, 3.05) is 0 Å². The van der Waals surface area contributed by atoms with E-state index in [4.69, 9.17) is 0 Å². The predicted molar refractivity (Wildman–Crippen MR) is 60.3 cm³/mol. The number of quaternary nitrogens is 1. The maximum Gasteiger partial charge on any atom is 0.270 e. The molecule has 0 bridgehead atoms. The molecule has 0 amide bonds. The number of nitro benzene ring substituents is 1. The molecule has 1 aromatic carbocycles. The molecule has 0 radical (unpaired) electrons. The summed E-state index contributed by atoms with van der Waals surface area (Å²) in [4.78, 5) is 23.8. The number of carbonyl (C=O) groups is 1. The van der Waals surface area contributed by atoms with Crippen LogP contribution in [-0.4, -0.2) is 21.9 Å². The first-order valence-electron chi connectivity index (χ1n) is 5.27. The van der Waals surface area contributed by atoms with E-state index < -0.39 is 16.9 Å². The van der Waals surface area contributed by atoms with Gasteiger partial charge in [0.05, 0.1) is 10.9 Å². The summed E-state index contributed by atoms with van der Waals surface area (Å²) in [6, 6.07) is 3.52. The molecular weight excluding hydrogens is 238 g/mol. The van der Waals surface area contributed by atoms with E-state index in [9.17, 15) is 20.0 Å². The van der Waals surface area contributed by atoms with Crippen LogP contribution in [0.15, 0.2) is 24.4 Å². The summed E-state index contributed by atoms with van der Waals surface area (Å²) < 4.78 is 0. The molecule has 2 rings (SSSR count). The molecule has 1 heterocycles. The fourth-order valence-corrected chi connectivity index (χ4v) is 1.80. The molecule has 7 nitrogen and oxygen atoms in total. The van der Waals surface area contributed by atoms with Crippen LogP contribution in [0.3, 0.4) is 0 Å². The van der Waals surface area contributed by atoms with Crippen molar-refractivity contribution in [3.05, 3.63) is 40.1 Å². The lowest BCUT2D eigenvalue weighted by molar-refractivity contribution is -0.436. The zero-order valence-electron chi connectivity index (χ0n) is 9.38. The standard InChI is InChI=1S/C11H11N3O4/c12-9(11(15)16)3-6-5-13-10-2-1-7(14(17)18)4-8(6)10/h1-2,4-5,9,13H,3,12H2,(H,15,16)/t9-/m1/s1. The highest BCUT2D eigenvalue weighted by atomic mass is 16.6. The average Bonchev–Trinajstić information content (AvgIpc) is 2.71. The number of fused-ring (bicyclic) bond motifs is 1. The minimum atomic E-state index is -1.24. The van der Waals surface area contributed by atoms with Crippen LogP contribution >= 0.6 is 0 Å². The number of non-ortho nitro benzene ring substituents is 1. The van der Waals surface area contributed by atoms with Crippen LogP contribution < -0.4 is 10.8 Å². The number of aliphatic carboxylic acids is 1. The number of carbonyl (C=O) groups excluding carboxylic acids is 1. The van der Waals surface area contributed by atoms with E-state index in [2.05, 4.69) is 10.7 Å². The topological polar surface area (TPSA) is 127 Å². The van der Waals surface area contributed by atoms with E-state index in [1.165, 1.54) is 12.1 Å². The van der Waals surface area contributed by atoms with Crippen LogP contribution in [0.1, 0.15) is 5.56 Å². The number of rotatable bonds is 4. The monoisotopic (exact) mass is 249 g/mol. The third-order valence-electron chi connectivity index (χ3n) is 2.76. The van der Waals surface area contributed by atoms with Gasteiger partial charge in [-0.1, -0.05) is 0 Å². The fourth-order valence-electron chi connectivity index (χ4n) is 1.80. The minimum Gasteiger partial charge on any atom is -0.544 e. The summed E-state index contributed by atoms with van der Waals surface area (Å²) in [5, 5.41) is 22.0. The van der Waals surface area contributed by atoms with Crippen LogP contribution in [0.5, 0.6) is 0 Å². The van der Waals surface area contributed by atoms with Gasteiger partial charge in [-0.25, -0.2) is 0 Å². The number of carboxylic acids is 1. The maximum absolute atomic E-state index is 10.7. The molecular formula is C11H11N3O4. The van der Waals surface area contributed by atoms with Crippen molar-refractivity contribution in [1.29, 1.82) is 0 Å². The number of nitrogens with one attached hydrogen (secondary N) is 1. The highest BCUT2D eigenvalue weighted by Crippen LogP contribution is 2.24. The second-order valence-electron chi connectivity index (χ2n) is 4.02. The third kappa shape index (κ3) is 2.16. The van der Waals surface area contributed by atoms with E-state index in [0.717, 1.165) is 5.52 Å². The SMILES string of the molecule is [NH3+][C@H](Cc1c[nH]c2ccc([N+](=O)[O-])cc12)C(=O)[O-]. The number of hydrogen-bond acceptors (Lipinski definition) is 4. The Hall–Kier alpha value is -2.41. The van der Waals surface area contributed by atoms with Crippen LogP contribution in [0.25, 0.3) is 10.9 Å². The Bertz CT molecular complexity index is 620. The Kier molecular flexibility index (Phi) is 2.99. The zero-order valence-corrected chi connectivity index (χ0v) is 9.38. The molecule has 1 aromatic heterocycles. The van der Waals surface area contributed by atoms with Crippen molar-refractivity contribution in [1.82, 2.24) is 4.98 Å². The molecule has 0 aliphatic rings. The van der Waals surface area contributed by atoms with E-state index in [1.807, 2.05) is 0 Å². The molecule has 0 aliphatic heterocycles. The van der Waals surface area contributed by atoms with Crippen LogP contribution in [0, 0.1) is 10.1 Å². The van der Waals surface area contributed by atoms with Crippen LogP contribution in [0.4, 0.5) is 5.69 Å². The van der Waals surface area contributed by atoms with Crippen molar-refractivity contribution in [2.24, 2.45) is 0 Å². The number of nitrogens with zero attached hydrogens (tertiary/aromatic N) is 1. The Morgan fingerprint density at radius 3 is 2.83 bits per heavy atom. The second kappa shape index (κ2) is 4.46. The van der Waals surface area contributed by atoms with Gasteiger partial charge in [-0.05, 0) is 11.6 Å². The summed E-state index contributed by atoms with van der Waals surface area (Å²) in [5.74, 6) is -1.24. The Balaban J connectivity index is 2.42. The molecule has 0 saturated heterocycles. The van der Waals surface area contributed by atoms with Crippen molar-refractivity contribution < 1.29 is 20.6 Å². The van der Waals surface area contributed by atoms with Gasteiger partial charge in [-0.2, -0.15) is 0 Å². The van der Waals surface area contributed by atoms with E-state index in [1.54, 1.807) is 12.3 Å². The Labute approximate surface area is 101 Å². The summed E-state index contributed by atoms with van der Waals surface area (Å²) in [6.45, 7) is 0. The normalized spacial score (nSPS) is 12.5. The molecule has 4 N–H and O–H groups in total. The Morgan fingerprint density at radius 2 is 2.22 bits per heavy atom. The molecule has 1 atom stereocenters. The van der Waals surface area contributed by atoms with Gasteiger partial charge in [0, 0.05) is 35.7 Å². The molecule has 2 aromatic rings. The predicted octanol–water partition coefficient (Wildman–Crippen LogP) is -1.02. The molecule has 18 heavy (non-hydrogen) atoms. The van der Waals surface area contributed by atoms with Gasteiger partial charge in [0.2, 0.25) is 0 Å². The van der Waals surface area contributed by atoms with Crippen molar-refractivity contribution >= 4 is 22.6 Å². The van der Waals surface area contributed by atoms with Gasteiger partial charge < -0.3 is 20.6 Å². The quantitative estimate of drug-likeness (QED) is 0.531. The van der Waals surface area contributed by atoms with Crippen LogP contribution in [-0.2, 0) is 11.2 Å². The van der Waals surface area contributed by atoms with Crippen molar-refractivity contribution in [3.63, 3.8) is 0 Å². The maximum atomic E-state index is 10.7. The summed E-state index contributed by atoms with van der Waals surface area (Å²) >= 11 is 0. The van der Waals surface area contributed by atoms with Crippen LogP contribution in [0.2, 0.25) is 0 Å². The number of hydrogen-bond donors (Lipinski definition) is 2. The molecule has 0 aliphatic carbocycles. The first-order valence-corrected chi connectivity index (χ1v) is 5.27. The molecule has 0 spiro atoms. The van der Waals surface area contributed by atoms with Gasteiger partial charge in [0.15, 0.2) is 0 Å². The van der Waals surface area contributed by atoms with Crippen molar-refractivity contribution in [2.45, 2.75) is 12.5 Å². The molecule has 94 valence electrons. The van der Waals surface area contributed by atoms with Gasteiger partial charge in [0.25, 0.3) is 5.69 Å². The fraction of sp³-hybridized carbons (Fsp3) is 0.182. The minimum absolute atomic E-state index is 0.0302. The zero-order chi connectivity index (χ0) is 13.3. The van der Waals surface area contributed by atoms with E-state index in [-0.39, 0.29) is 12.1 Å². The van der Waals surface area contributed by atoms with Gasteiger partial charge in [-0.15, -0.1) is 0 Å². The second-order valence-corrected chi connectivity index (χ2v) is 4.02. The lowest BCUT2D eigenvalue weighted by atomic mass is 10.1. The molecule has 0 unspecified atom stereocenters. The molecule has 0 fully saturated rings. The third-order valence-corrected chi connectivity index (χ3v) is 2.76. The van der Waals surface area contributed by atoms with Gasteiger partial charge in [0.1, 0.15) is 6.04 Å². The molecule has 7 heteroatoms. The number of aromatic amines is 1. The number of benzene rings is 1.